The summed E-state index contributed by atoms with van der Waals surface area (Å²) >= 11 is 0. The fraction of sp³-hybridized carbons (Fsp3) is 0.500. The number of phenols is 1. The number of esters is 3. The maximum Gasteiger partial charge on any atom is 0.315 e. The summed E-state index contributed by atoms with van der Waals surface area (Å²) < 4.78 is 27.9. The van der Waals surface area contributed by atoms with Crippen molar-refractivity contribution in [3.63, 3.8) is 0 Å². The molecule has 17 nitrogen and oxygen atoms in total. The summed E-state index contributed by atoms with van der Waals surface area (Å²) in [6, 6.07) is 0. The highest BCUT2D eigenvalue weighted by atomic mass is 16.7. The van der Waals surface area contributed by atoms with Gasteiger partial charge in [0.05, 0.1) is 42.2 Å². The Bertz CT molecular complexity index is 2090. The van der Waals surface area contributed by atoms with Gasteiger partial charge in [0.15, 0.2) is 11.5 Å². The summed E-state index contributed by atoms with van der Waals surface area (Å²) in [5.41, 5.74) is -5.03. The zero-order valence-corrected chi connectivity index (χ0v) is 34.8. The molecule has 4 bridgehead atoms. The van der Waals surface area contributed by atoms with Gasteiger partial charge >= 0.3 is 17.9 Å². The number of ketones is 1. The van der Waals surface area contributed by atoms with Crippen LogP contribution >= 0.6 is 0 Å². The van der Waals surface area contributed by atoms with Crippen molar-refractivity contribution in [1.82, 2.24) is 0 Å². The minimum Gasteiger partial charge on any atom is -0.505 e. The van der Waals surface area contributed by atoms with Crippen LogP contribution in [0.25, 0.3) is 5.57 Å². The minimum atomic E-state index is -2.26. The highest BCUT2D eigenvalue weighted by Crippen LogP contribution is 2.53. The van der Waals surface area contributed by atoms with Crippen molar-refractivity contribution in [3.8, 4) is 11.5 Å². The quantitative estimate of drug-likeness (QED) is 0.131. The Morgan fingerprint density at radius 2 is 1.46 bits per heavy atom. The van der Waals surface area contributed by atoms with Crippen LogP contribution in [0.4, 0.5) is 5.69 Å². The highest BCUT2D eigenvalue weighted by Gasteiger charge is 2.50. The molecule has 3 heterocycles. The summed E-state index contributed by atoms with van der Waals surface area (Å²) in [6.07, 6.45) is -2.49. The van der Waals surface area contributed by atoms with Gasteiger partial charge in [-0.05, 0) is 53.2 Å². The standard InChI is InChI=1S/C42H53NO16/c1-17-13-12-14-41(9,53)37(49)21(5)31(47)28(40(52)55-11)36(59-24(8)45)22(6)38(50)42(10,54)15-18(2)33-27-25-26(30(46)20(4)34(27)57-16-56-33)32(48)29(43-39(17)51)19(3)35(25)58-23(7)44/h12-15,21-22,28,31,36-38,47-50,53-54H,16H2,1-11H3,(H,43,51)/t21-,22-,28+,31+,36+,37+,38+,41+,42+/m0/s1. The molecule has 0 saturated carbocycles. The summed E-state index contributed by atoms with van der Waals surface area (Å²) in [5, 5.41) is 72.5. The first-order valence-electron chi connectivity index (χ1n) is 18.8. The van der Waals surface area contributed by atoms with Crippen LogP contribution in [0, 0.1) is 24.7 Å². The number of nitrogens with one attached hydrogen (secondary N) is 1. The van der Waals surface area contributed by atoms with Gasteiger partial charge in [-0.1, -0.05) is 32.1 Å². The van der Waals surface area contributed by atoms with E-state index >= 15 is 0 Å². The lowest BCUT2D eigenvalue weighted by molar-refractivity contribution is -0.183. The van der Waals surface area contributed by atoms with Crippen LogP contribution < -0.4 is 10.1 Å². The van der Waals surface area contributed by atoms with E-state index in [4.69, 9.17) is 23.7 Å². The molecule has 0 saturated heterocycles. The number of Topliss-reactive ketones (excluding diaryl/α,β-unsaturated/α-hetero) is 1. The van der Waals surface area contributed by atoms with Crippen molar-refractivity contribution < 1.29 is 78.3 Å². The number of methoxy groups -OCH3 is 1. The molecule has 1 amide bonds. The number of carbonyl (C=O) groups excluding carboxylic acids is 5. The third kappa shape index (κ3) is 8.99. The number of anilines is 1. The van der Waals surface area contributed by atoms with Crippen molar-refractivity contribution >= 4 is 40.9 Å². The number of allylic oxidation sites excluding steroid dienone is 5. The Morgan fingerprint density at radius 1 is 0.864 bits per heavy atom. The van der Waals surface area contributed by atoms with Gasteiger partial charge in [0.25, 0.3) is 5.91 Å². The van der Waals surface area contributed by atoms with Crippen LogP contribution in [0.15, 0.2) is 52.5 Å². The van der Waals surface area contributed by atoms with E-state index in [1.807, 2.05) is 0 Å². The van der Waals surface area contributed by atoms with Crippen molar-refractivity contribution in [2.75, 3.05) is 19.2 Å². The van der Waals surface area contributed by atoms with E-state index in [-0.39, 0.29) is 61.9 Å². The second-order valence-corrected chi connectivity index (χ2v) is 15.6. The van der Waals surface area contributed by atoms with Crippen molar-refractivity contribution in [3.05, 3.63) is 69.2 Å². The molecule has 0 fully saturated rings. The monoisotopic (exact) mass is 827 g/mol. The van der Waals surface area contributed by atoms with Gasteiger partial charge in [0.2, 0.25) is 6.79 Å². The Balaban J connectivity index is 2.12. The van der Waals surface area contributed by atoms with E-state index in [9.17, 15) is 54.6 Å². The van der Waals surface area contributed by atoms with Crippen LogP contribution in [-0.4, -0.2) is 110 Å². The van der Waals surface area contributed by atoms with Crippen LogP contribution in [0.3, 0.4) is 0 Å². The number of hydrogen-bond acceptors (Lipinski definition) is 16. The Hall–Kier alpha value is -5.33. The van der Waals surface area contributed by atoms with Crippen LogP contribution in [0.5, 0.6) is 11.5 Å². The number of ether oxygens (including phenoxy) is 5. The summed E-state index contributed by atoms with van der Waals surface area (Å²) in [6.45, 7) is 12.5. The molecule has 4 aliphatic rings. The zero-order valence-electron chi connectivity index (χ0n) is 34.8. The molecule has 0 spiro atoms. The van der Waals surface area contributed by atoms with E-state index in [1.54, 1.807) is 0 Å². The molecule has 59 heavy (non-hydrogen) atoms. The number of amides is 1. The second kappa shape index (κ2) is 17.5. The fourth-order valence-electron chi connectivity index (χ4n) is 7.66. The summed E-state index contributed by atoms with van der Waals surface area (Å²) in [4.78, 5) is 66.1. The average molecular weight is 828 g/mol. The maximum atomic E-state index is 14.0. The number of benzene rings is 1. The average Bonchev–Trinajstić information content (AvgIpc) is 3.16. The first-order valence-corrected chi connectivity index (χ1v) is 18.8. The topological polar surface area (TPSA) is 265 Å². The van der Waals surface area contributed by atoms with Crippen LogP contribution in [-0.2, 0) is 38.1 Å². The van der Waals surface area contributed by atoms with Crippen molar-refractivity contribution in [2.45, 2.75) is 105 Å². The molecule has 322 valence electrons. The lowest BCUT2D eigenvalue weighted by atomic mass is 9.74. The Kier molecular flexibility index (Phi) is 13.7. The molecule has 1 aromatic rings. The van der Waals surface area contributed by atoms with E-state index in [2.05, 4.69) is 5.32 Å². The molecule has 1 aromatic carbocycles. The third-order valence-electron chi connectivity index (χ3n) is 10.9. The summed E-state index contributed by atoms with van der Waals surface area (Å²) in [7, 11) is 1.01. The van der Waals surface area contributed by atoms with Crippen molar-refractivity contribution in [2.24, 2.45) is 17.8 Å². The Morgan fingerprint density at radius 3 is 2.03 bits per heavy atom. The molecule has 7 N–H and O–H groups in total. The molecule has 3 aliphatic heterocycles. The fourth-order valence-corrected chi connectivity index (χ4v) is 7.66. The lowest BCUT2D eigenvalue weighted by Gasteiger charge is -2.41. The largest absolute Gasteiger partial charge is 0.505 e. The number of carbonyl (C=O) groups is 5. The lowest BCUT2D eigenvalue weighted by Crippen LogP contribution is -2.55. The maximum absolute atomic E-state index is 14.0. The number of aliphatic hydroxyl groups is 5. The predicted octanol–water partition coefficient (Wildman–Crippen LogP) is 2.79. The van der Waals surface area contributed by atoms with Gasteiger partial charge in [-0.2, -0.15) is 0 Å². The van der Waals surface area contributed by atoms with E-state index in [0.29, 0.717) is 0 Å². The molecule has 1 aliphatic carbocycles. The first-order chi connectivity index (χ1) is 27.3. The van der Waals surface area contributed by atoms with Crippen LogP contribution in [0.1, 0.15) is 83.8 Å². The van der Waals surface area contributed by atoms with Gasteiger partial charge in [0.1, 0.15) is 40.5 Å². The number of fused-ring (bicyclic) bond motifs is 14. The highest BCUT2D eigenvalue weighted by molar-refractivity contribution is 6.21. The van der Waals surface area contributed by atoms with Gasteiger partial charge in [-0.15, -0.1) is 0 Å². The molecule has 17 heteroatoms. The number of hydrogen-bond donors (Lipinski definition) is 7. The van der Waals surface area contributed by atoms with E-state index in [1.165, 1.54) is 73.6 Å². The smallest absolute Gasteiger partial charge is 0.315 e. The Labute approximate surface area is 341 Å². The molecular formula is C42H53NO16. The van der Waals surface area contributed by atoms with Gasteiger partial charge in [-0.3, -0.25) is 24.0 Å². The molecule has 0 radical (unpaired) electrons. The third-order valence-corrected chi connectivity index (χ3v) is 10.9. The normalized spacial score (nSPS) is 30.7. The second-order valence-electron chi connectivity index (χ2n) is 15.6. The summed E-state index contributed by atoms with van der Waals surface area (Å²) in [5.74, 6) is -9.89. The predicted molar refractivity (Wildman–Crippen MR) is 209 cm³/mol. The SMILES string of the molecule is COC(=O)[C@@H]1[C@H](O)[C@H](C)[C@@H](O)[C@](C)(O)C=CC=C(C)C(=O)Nc2c(C)c(OC(C)=O)c3c(c2O)C(=O)C(C)=C2OCOC(=C23)C(C)=C[C@@](C)(O)[C@H](O)[C@@H](C)[C@H]1OC(C)=O. The number of rotatable bonds is 3. The van der Waals surface area contributed by atoms with Gasteiger partial charge in [-0.25, -0.2) is 0 Å². The van der Waals surface area contributed by atoms with Gasteiger partial charge in [0, 0.05) is 48.0 Å². The van der Waals surface area contributed by atoms with Gasteiger partial charge < -0.3 is 59.6 Å². The zero-order chi connectivity index (χ0) is 44.6. The molecule has 5 rings (SSSR count). The van der Waals surface area contributed by atoms with E-state index in [0.717, 1.165) is 27.0 Å². The van der Waals surface area contributed by atoms with E-state index < -0.39 is 95.5 Å². The molecule has 0 unspecified atom stereocenters. The number of aliphatic hydroxyl groups excluding tert-OH is 3. The van der Waals surface area contributed by atoms with Crippen molar-refractivity contribution in [1.29, 1.82) is 0 Å². The molecular weight excluding hydrogens is 774 g/mol. The molecule has 0 aromatic heterocycles. The minimum absolute atomic E-state index is 0.00133. The number of aromatic hydroxyl groups is 1. The number of phenolic OH excluding ortho intramolecular Hbond substituents is 1. The van der Waals surface area contributed by atoms with Crippen LogP contribution in [0.2, 0.25) is 0 Å². The molecule has 9 atom stereocenters. The first kappa shape index (κ1) is 46.4.